The summed E-state index contributed by atoms with van der Waals surface area (Å²) in [6.07, 6.45) is 0.302. The molecule has 1 atom stereocenters. The second-order valence-corrected chi connectivity index (χ2v) is 7.57. The molecule has 10 heteroatoms. The lowest BCUT2D eigenvalue weighted by Crippen LogP contribution is -2.44. The highest BCUT2D eigenvalue weighted by atomic mass is 16.5. The van der Waals surface area contributed by atoms with Crippen molar-refractivity contribution in [3.05, 3.63) is 71.3 Å². The molecule has 2 aromatic rings. The normalized spacial score (nSPS) is 17.2. The summed E-state index contributed by atoms with van der Waals surface area (Å²) in [4.78, 5) is 61.9. The van der Waals surface area contributed by atoms with Crippen LogP contribution in [-0.2, 0) is 35.9 Å². The summed E-state index contributed by atoms with van der Waals surface area (Å²) in [5.41, 5.74) is 0.472. The number of hydrogen-bond donors (Lipinski definition) is 2. The molecule has 0 saturated carbocycles. The summed E-state index contributed by atoms with van der Waals surface area (Å²) in [5.74, 6) is -2.47. The van der Waals surface area contributed by atoms with Crippen LogP contribution in [0.15, 0.2) is 54.6 Å². The number of nitrogens with one attached hydrogen (secondary N) is 2. The minimum atomic E-state index is -1.25. The Labute approximate surface area is 196 Å². The van der Waals surface area contributed by atoms with Crippen molar-refractivity contribution < 1.29 is 33.4 Å². The van der Waals surface area contributed by atoms with Crippen molar-refractivity contribution in [2.75, 3.05) is 20.3 Å². The van der Waals surface area contributed by atoms with Gasteiger partial charge in [0, 0.05) is 6.54 Å². The van der Waals surface area contributed by atoms with E-state index in [-0.39, 0.29) is 6.54 Å². The molecule has 34 heavy (non-hydrogen) atoms. The Hall–Kier alpha value is -4.21. The summed E-state index contributed by atoms with van der Waals surface area (Å²) in [5, 5.41) is 5.26. The average molecular weight is 467 g/mol. The van der Waals surface area contributed by atoms with Crippen molar-refractivity contribution in [1.29, 1.82) is 0 Å². The minimum absolute atomic E-state index is 0.154. The van der Waals surface area contributed by atoms with Gasteiger partial charge in [-0.2, -0.15) is 0 Å². The van der Waals surface area contributed by atoms with Crippen LogP contribution in [0.1, 0.15) is 34.8 Å². The number of methoxy groups -OCH3 is 1. The summed E-state index contributed by atoms with van der Waals surface area (Å²) in [6.45, 7) is 0.739. The van der Waals surface area contributed by atoms with Crippen LogP contribution in [-0.4, -0.2) is 54.9 Å². The van der Waals surface area contributed by atoms with Gasteiger partial charge in [-0.05, 0) is 29.7 Å². The van der Waals surface area contributed by atoms with Gasteiger partial charge >= 0.3 is 18.0 Å². The fraction of sp³-hybridized carbons (Fsp3) is 0.292. The highest BCUT2D eigenvalue weighted by Crippen LogP contribution is 2.32. The van der Waals surface area contributed by atoms with Crippen LogP contribution < -0.4 is 10.6 Å². The Kier molecular flexibility index (Phi) is 7.62. The van der Waals surface area contributed by atoms with E-state index in [1.165, 1.54) is 7.11 Å². The van der Waals surface area contributed by atoms with Crippen LogP contribution in [0.4, 0.5) is 4.79 Å². The third kappa shape index (κ3) is 5.22. The summed E-state index contributed by atoms with van der Waals surface area (Å²) < 4.78 is 9.56. The molecule has 4 amide bonds. The second kappa shape index (κ2) is 10.6. The molecule has 0 unspecified atom stereocenters. The first-order chi connectivity index (χ1) is 16.3. The van der Waals surface area contributed by atoms with E-state index in [0.29, 0.717) is 17.5 Å². The molecule has 178 valence electrons. The van der Waals surface area contributed by atoms with Crippen LogP contribution in [0, 0.1) is 0 Å². The van der Waals surface area contributed by atoms with Gasteiger partial charge in [-0.3, -0.25) is 19.3 Å². The number of carbonyl (C=O) groups excluding carboxylic acids is 5. The zero-order valence-corrected chi connectivity index (χ0v) is 18.8. The molecular formula is C24H25N3O7. The fourth-order valence-corrected chi connectivity index (χ4v) is 3.58. The zero-order chi connectivity index (χ0) is 24.7. The fourth-order valence-electron chi connectivity index (χ4n) is 3.58. The molecule has 0 aromatic heterocycles. The van der Waals surface area contributed by atoms with Crippen LogP contribution in [0.2, 0.25) is 0 Å². The zero-order valence-electron chi connectivity index (χ0n) is 18.8. The van der Waals surface area contributed by atoms with Gasteiger partial charge in [-0.25, -0.2) is 9.59 Å². The minimum Gasteiger partial charge on any atom is -0.465 e. The third-order valence-electron chi connectivity index (χ3n) is 5.49. The van der Waals surface area contributed by atoms with E-state index in [0.717, 1.165) is 10.5 Å². The predicted octanol–water partition coefficient (Wildman–Crippen LogP) is 1.49. The average Bonchev–Trinajstić information content (AvgIpc) is 3.11. The first kappa shape index (κ1) is 24.4. The molecule has 10 nitrogen and oxygen atoms in total. The van der Waals surface area contributed by atoms with Gasteiger partial charge in [-0.1, -0.05) is 49.4 Å². The number of urea groups is 1. The number of carbonyl (C=O) groups is 5. The maximum Gasteiger partial charge on any atom is 0.337 e. The summed E-state index contributed by atoms with van der Waals surface area (Å²) >= 11 is 0. The number of ether oxygens (including phenoxy) is 2. The van der Waals surface area contributed by atoms with Gasteiger partial charge in [0.15, 0.2) is 6.61 Å². The summed E-state index contributed by atoms with van der Waals surface area (Å²) in [7, 11) is 1.28. The van der Waals surface area contributed by atoms with Gasteiger partial charge in [0.25, 0.3) is 11.8 Å². The number of nitrogens with zero attached hydrogens (tertiary/aromatic N) is 1. The SMILES string of the molecule is CC[C@]1(c2ccccc2)NC(=O)N(CC(=O)OCC(=O)NCc2ccc(C(=O)OC)cc2)C1=O. The second-order valence-electron chi connectivity index (χ2n) is 7.57. The lowest BCUT2D eigenvalue weighted by molar-refractivity contribution is -0.151. The van der Waals surface area contributed by atoms with Crippen LogP contribution >= 0.6 is 0 Å². The Morgan fingerprint density at radius 2 is 1.71 bits per heavy atom. The molecule has 1 aliphatic rings. The molecule has 1 heterocycles. The van der Waals surface area contributed by atoms with E-state index in [2.05, 4.69) is 15.4 Å². The molecule has 2 N–H and O–H groups in total. The number of benzene rings is 2. The van der Waals surface area contributed by atoms with Crippen LogP contribution in [0.25, 0.3) is 0 Å². The van der Waals surface area contributed by atoms with Gasteiger partial charge in [0.2, 0.25) is 0 Å². The monoisotopic (exact) mass is 467 g/mol. The summed E-state index contributed by atoms with van der Waals surface area (Å²) in [6, 6.07) is 14.5. The van der Waals surface area contributed by atoms with E-state index in [1.807, 2.05) is 0 Å². The highest BCUT2D eigenvalue weighted by molar-refractivity contribution is 6.09. The number of imide groups is 1. The van der Waals surface area contributed by atoms with E-state index < -0.39 is 48.5 Å². The van der Waals surface area contributed by atoms with Crippen LogP contribution in [0.3, 0.4) is 0 Å². The molecule has 1 fully saturated rings. The van der Waals surface area contributed by atoms with Crippen molar-refractivity contribution in [2.24, 2.45) is 0 Å². The van der Waals surface area contributed by atoms with Crippen molar-refractivity contribution in [3.63, 3.8) is 0 Å². The van der Waals surface area contributed by atoms with Gasteiger partial charge in [0.05, 0.1) is 12.7 Å². The largest absolute Gasteiger partial charge is 0.465 e. The maximum absolute atomic E-state index is 13.0. The van der Waals surface area contributed by atoms with Gasteiger partial charge < -0.3 is 20.1 Å². The lowest BCUT2D eigenvalue weighted by Gasteiger charge is -2.25. The predicted molar refractivity (Wildman–Crippen MR) is 119 cm³/mol. The molecule has 0 aliphatic carbocycles. The third-order valence-corrected chi connectivity index (χ3v) is 5.49. The van der Waals surface area contributed by atoms with E-state index >= 15 is 0 Å². The lowest BCUT2D eigenvalue weighted by atomic mass is 9.87. The molecular weight excluding hydrogens is 442 g/mol. The molecule has 1 aliphatic heterocycles. The molecule has 1 saturated heterocycles. The Morgan fingerprint density at radius 3 is 2.32 bits per heavy atom. The van der Waals surface area contributed by atoms with E-state index in [1.54, 1.807) is 61.5 Å². The number of rotatable bonds is 9. The van der Waals surface area contributed by atoms with E-state index in [9.17, 15) is 24.0 Å². The standard InChI is InChI=1S/C24H25N3O7/c1-3-24(18-7-5-4-6-8-18)22(31)27(23(32)26-24)14-20(29)34-15-19(28)25-13-16-9-11-17(12-10-16)21(30)33-2/h4-12H,3,13-15H2,1-2H3,(H,25,28)(H,26,32)/t24-/m1/s1. The van der Waals surface area contributed by atoms with Crippen LogP contribution in [0.5, 0.6) is 0 Å². The highest BCUT2D eigenvalue weighted by Gasteiger charge is 2.51. The van der Waals surface area contributed by atoms with Gasteiger partial charge in [-0.15, -0.1) is 0 Å². The number of esters is 2. The van der Waals surface area contributed by atoms with Crippen molar-refractivity contribution in [1.82, 2.24) is 15.5 Å². The Balaban J connectivity index is 1.50. The topological polar surface area (TPSA) is 131 Å². The van der Waals surface area contributed by atoms with Crippen molar-refractivity contribution in [2.45, 2.75) is 25.4 Å². The Bertz CT molecular complexity index is 1090. The molecule has 0 radical (unpaired) electrons. The molecule has 0 spiro atoms. The first-order valence-corrected chi connectivity index (χ1v) is 10.6. The quantitative estimate of drug-likeness (QED) is 0.422. The first-order valence-electron chi connectivity index (χ1n) is 10.6. The van der Waals surface area contributed by atoms with Gasteiger partial charge in [0.1, 0.15) is 12.1 Å². The molecule has 2 aromatic carbocycles. The maximum atomic E-state index is 13.0. The molecule has 0 bridgehead atoms. The van der Waals surface area contributed by atoms with E-state index in [4.69, 9.17) is 4.74 Å². The van der Waals surface area contributed by atoms with Crippen molar-refractivity contribution in [3.8, 4) is 0 Å². The smallest absolute Gasteiger partial charge is 0.337 e. The number of hydrogen-bond acceptors (Lipinski definition) is 7. The molecule has 3 rings (SSSR count). The Morgan fingerprint density at radius 1 is 1.03 bits per heavy atom. The van der Waals surface area contributed by atoms with Crippen molar-refractivity contribution >= 4 is 29.8 Å². The number of amides is 4.